The summed E-state index contributed by atoms with van der Waals surface area (Å²) in [6, 6.07) is 7.67. The molecule has 3 heterocycles. The fourth-order valence-corrected chi connectivity index (χ4v) is 3.98. The predicted octanol–water partition coefficient (Wildman–Crippen LogP) is 1.97. The summed E-state index contributed by atoms with van der Waals surface area (Å²) in [5, 5.41) is 23.9. The van der Waals surface area contributed by atoms with E-state index in [0.717, 1.165) is 24.2 Å². The number of anilines is 4. The smallest absolute Gasteiger partial charge is 0.211 e. The zero-order chi connectivity index (χ0) is 20.5. The minimum absolute atomic E-state index is 0.0359. The van der Waals surface area contributed by atoms with Crippen LogP contribution in [-0.2, 0) is 0 Å². The molecule has 1 aromatic heterocycles. The monoisotopic (exact) mass is 387 g/mol. The van der Waals surface area contributed by atoms with Crippen LogP contribution in [0.5, 0.6) is 0 Å². The second-order valence-electron chi connectivity index (χ2n) is 7.14. The number of hydrogen-bond acceptors (Lipinski definition) is 9. The number of nitrogens with one attached hydrogen (secondary N) is 2. The topological polar surface area (TPSA) is 152 Å². The van der Waals surface area contributed by atoms with Gasteiger partial charge in [-0.1, -0.05) is 12.1 Å². The molecule has 0 bridgehead atoms. The number of hydrogen-bond donors (Lipinski definition) is 4. The van der Waals surface area contributed by atoms with Crippen LogP contribution in [0, 0.1) is 29.7 Å². The standard InChI is InChI=1S/C20H21N9/c1-11-8-12(4-5-14(11)29-6-2-3-7-29)17-15-16(23)13(9-21)18(24)27-19(15)28-20(26-17)25-10-22/h4-5,8,17H,2-3,6-7H2,1H3,(H6,23,24,25,26,27,28). The van der Waals surface area contributed by atoms with Crippen molar-refractivity contribution in [1.29, 1.82) is 10.5 Å². The second kappa shape index (κ2) is 7.21. The molecule has 2 aliphatic heterocycles. The van der Waals surface area contributed by atoms with Gasteiger partial charge >= 0.3 is 0 Å². The Kier molecular flexibility index (Phi) is 4.57. The summed E-state index contributed by atoms with van der Waals surface area (Å²) in [5.41, 5.74) is 16.4. The molecule has 9 heteroatoms. The average Bonchev–Trinajstić information content (AvgIpc) is 3.22. The normalized spacial score (nSPS) is 17.6. The number of nitrogens with zero attached hydrogens (tertiary/aromatic N) is 5. The molecule has 1 unspecified atom stereocenters. The molecule has 146 valence electrons. The van der Waals surface area contributed by atoms with E-state index in [9.17, 15) is 5.26 Å². The minimum atomic E-state index is -0.520. The summed E-state index contributed by atoms with van der Waals surface area (Å²) in [4.78, 5) is 11.3. The average molecular weight is 387 g/mol. The van der Waals surface area contributed by atoms with Crippen LogP contribution >= 0.6 is 0 Å². The fraction of sp³-hybridized carbons (Fsp3) is 0.300. The summed E-state index contributed by atoms with van der Waals surface area (Å²) in [6.45, 7) is 4.20. The van der Waals surface area contributed by atoms with Gasteiger partial charge in [-0.05, 0) is 37.0 Å². The Morgan fingerprint density at radius 2 is 2.00 bits per heavy atom. The number of nitrogen functional groups attached to an aromatic ring is 2. The lowest BCUT2D eigenvalue weighted by Crippen LogP contribution is -2.32. The Morgan fingerprint density at radius 3 is 2.66 bits per heavy atom. The molecule has 1 aromatic carbocycles. The number of pyridine rings is 1. The number of guanidine groups is 1. The van der Waals surface area contributed by atoms with Crippen LogP contribution in [0.1, 0.15) is 41.1 Å². The summed E-state index contributed by atoms with van der Waals surface area (Å²) < 4.78 is 0. The van der Waals surface area contributed by atoms with Gasteiger partial charge in [0, 0.05) is 24.3 Å². The van der Waals surface area contributed by atoms with Crippen molar-refractivity contribution in [2.75, 3.05) is 34.8 Å². The molecule has 0 aliphatic carbocycles. The molecule has 1 saturated heterocycles. The first-order valence-electron chi connectivity index (χ1n) is 9.38. The van der Waals surface area contributed by atoms with Crippen LogP contribution < -0.4 is 27.0 Å². The van der Waals surface area contributed by atoms with Gasteiger partial charge in [-0.3, -0.25) is 5.32 Å². The van der Waals surface area contributed by atoms with Gasteiger partial charge in [-0.25, -0.2) is 9.98 Å². The number of aryl methyl sites for hydroxylation is 1. The molecule has 1 fully saturated rings. The molecule has 6 N–H and O–H groups in total. The molecule has 4 rings (SSSR count). The number of aliphatic imine (C=N–C) groups is 1. The van der Waals surface area contributed by atoms with E-state index in [0.29, 0.717) is 11.4 Å². The number of rotatable bonds is 2. The lowest BCUT2D eigenvalue weighted by Gasteiger charge is -2.27. The van der Waals surface area contributed by atoms with Gasteiger partial charge < -0.3 is 21.7 Å². The van der Waals surface area contributed by atoms with E-state index in [1.54, 1.807) is 0 Å². The van der Waals surface area contributed by atoms with Crippen LogP contribution in [0.25, 0.3) is 0 Å². The highest BCUT2D eigenvalue weighted by Crippen LogP contribution is 2.41. The predicted molar refractivity (Wildman–Crippen MR) is 112 cm³/mol. The molecule has 2 aromatic rings. The molecule has 0 spiro atoms. The van der Waals surface area contributed by atoms with Crippen LogP contribution in [0.2, 0.25) is 0 Å². The van der Waals surface area contributed by atoms with Crippen LogP contribution in [0.4, 0.5) is 23.0 Å². The van der Waals surface area contributed by atoms with Crippen molar-refractivity contribution in [3.63, 3.8) is 0 Å². The first-order chi connectivity index (χ1) is 14.0. The second-order valence-corrected chi connectivity index (χ2v) is 7.14. The van der Waals surface area contributed by atoms with Crippen LogP contribution in [0.15, 0.2) is 23.2 Å². The third-order valence-electron chi connectivity index (χ3n) is 5.34. The SMILES string of the molecule is Cc1cc(C2N=C(NC#N)Nc3nc(N)c(C#N)c(N)c32)ccc1N1CCCC1. The highest BCUT2D eigenvalue weighted by molar-refractivity contribution is 5.98. The fourth-order valence-electron chi connectivity index (χ4n) is 3.98. The van der Waals surface area contributed by atoms with E-state index in [1.165, 1.54) is 18.5 Å². The Morgan fingerprint density at radius 1 is 1.24 bits per heavy atom. The maximum Gasteiger partial charge on any atom is 0.211 e. The van der Waals surface area contributed by atoms with E-state index < -0.39 is 6.04 Å². The number of nitriles is 2. The summed E-state index contributed by atoms with van der Waals surface area (Å²) in [7, 11) is 0. The van der Waals surface area contributed by atoms with Crippen molar-refractivity contribution in [2.24, 2.45) is 4.99 Å². The van der Waals surface area contributed by atoms with Crippen molar-refractivity contribution < 1.29 is 0 Å². The third kappa shape index (κ3) is 3.13. The summed E-state index contributed by atoms with van der Waals surface area (Å²) in [5.74, 6) is 0.675. The van der Waals surface area contributed by atoms with Crippen molar-refractivity contribution in [3.8, 4) is 12.3 Å². The molecule has 0 amide bonds. The first kappa shape index (κ1) is 18.4. The number of aromatic nitrogens is 1. The Hall–Kier alpha value is -3.98. The van der Waals surface area contributed by atoms with E-state index in [4.69, 9.17) is 16.7 Å². The first-order valence-corrected chi connectivity index (χ1v) is 9.38. The molecular weight excluding hydrogens is 366 g/mol. The van der Waals surface area contributed by atoms with Gasteiger partial charge in [-0.15, -0.1) is 0 Å². The number of nitrogens with two attached hydrogens (primary N) is 2. The molecule has 0 radical (unpaired) electrons. The Balaban J connectivity index is 1.83. The van der Waals surface area contributed by atoms with Crippen molar-refractivity contribution in [3.05, 3.63) is 40.5 Å². The molecule has 9 nitrogen and oxygen atoms in total. The zero-order valence-corrected chi connectivity index (χ0v) is 16.0. The van der Waals surface area contributed by atoms with Crippen LogP contribution in [-0.4, -0.2) is 24.0 Å². The van der Waals surface area contributed by atoms with E-state index in [2.05, 4.69) is 44.6 Å². The van der Waals surface area contributed by atoms with Crippen LogP contribution in [0.3, 0.4) is 0 Å². The van der Waals surface area contributed by atoms with E-state index in [-0.39, 0.29) is 23.0 Å². The molecular formula is C20H21N9. The molecule has 2 aliphatic rings. The third-order valence-corrected chi connectivity index (χ3v) is 5.34. The summed E-state index contributed by atoms with van der Waals surface area (Å²) in [6.07, 6.45) is 4.27. The van der Waals surface area contributed by atoms with Crippen molar-refractivity contribution in [1.82, 2.24) is 10.3 Å². The Labute approximate surface area is 168 Å². The maximum atomic E-state index is 9.43. The van der Waals surface area contributed by atoms with E-state index >= 15 is 0 Å². The van der Waals surface area contributed by atoms with Gasteiger partial charge in [0.2, 0.25) is 5.96 Å². The van der Waals surface area contributed by atoms with E-state index in [1.807, 2.05) is 18.3 Å². The maximum absolute atomic E-state index is 9.43. The lowest BCUT2D eigenvalue weighted by molar-refractivity contribution is 0.843. The number of fused-ring (bicyclic) bond motifs is 1. The number of benzene rings is 1. The summed E-state index contributed by atoms with van der Waals surface area (Å²) >= 11 is 0. The van der Waals surface area contributed by atoms with Gasteiger partial charge in [0.15, 0.2) is 6.19 Å². The van der Waals surface area contributed by atoms with Gasteiger partial charge in [0.05, 0.1) is 5.69 Å². The highest BCUT2D eigenvalue weighted by atomic mass is 15.2. The zero-order valence-electron chi connectivity index (χ0n) is 16.0. The molecule has 29 heavy (non-hydrogen) atoms. The van der Waals surface area contributed by atoms with Gasteiger partial charge in [-0.2, -0.15) is 10.5 Å². The minimum Gasteiger partial charge on any atom is -0.397 e. The van der Waals surface area contributed by atoms with Crippen molar-refractivity contribution >= 4 is 29.0 Å². The largest absolute Gasteiger partial charge is 0.397 e. The quantitative estimate of drug-likeness (QED) is 0.451. The van der Waals surface area contributed by atoms with Gasteiger partial charge in [0.1, 0.15) is 29.3 Å². The Bertz CT molecular complexity index is 1080. The molecule has 1 atom stereocenters. The highest BCUT2D eigenvalue weighted by Gasteiger charge is 2.30. The molecule has 0 saturated carbocycles. The lowest BCUT2D eigenvalue weighted by atomic mass is 9.93. The van der Waals surface area contributed by atoms with Gasteiger partial charge in [0.25, 0.3) is 0 Å². The van der Waals surface area contributed by atoms with Crippen molar-refractivity contribution in [2.45, 2.75) is 25.8 Å².